The molecule has 0 saturated heterocycles. The predicted molar refractivity (Wildman–Crippen MR) is 116 cm³/mol. The number of hydrogen-bond donors (Lipinski definition) is 0. The summed E-state index contributed by atoms with van der Waals surface area (Å²) in [6, 6.07) is 20.1. The van der Waals surface area contributed by atoms with Crippen LogP contribution in [0.1, 0.15) is 33.4 Å². The van der Waals surface area contributed by atoms with Crippen LogP contribution in [0.25, 0.3) is 43.1 Å². The number of nitrogens with zero attached hydrogens (tertiary/aromatic N) is 4. The summed E-state index contributed by atoms with van der Waals surface area (Å²) in [6.45, 7) is 3.84. The van der Waals surface area contributed by atoms with E-state index < -0.39 is 0 Å². The van der Waals surface area contributed by atoms with Crippen molar-refractivity contribution in [2.45, 2.75) is 13.8 Å². The Balaban J connectivity index is 2.33. The summed E-state index contributed by atoms with van der Waals surface area (Å²) >= 11 is 0. The second-order valence-corrected chi connectivity index (χ2v) is 7.50. The van der Waals surface area contributed by atoms with E-state index in [0.29, 0.717) is 22.3 Å². The van der Waals surface area contributed by atoms with Crippen LogP contribution >= 0.6 is 0 Å². The zero-order chi connectivity index (χ0) is 21.2. The maximum atomic E-state index is 9.91. The maximum absolute atomic E-state index is 9.91. The number of nitriles is 4. The summed E-state index contributed by atoms with van der Waals surface area (Å²) in [5, 5.41) is 45.7. The average molecular weight is 380 g/mol. The van der Waals surface area contributed by atoms with Crippen molar-refractivity contribution < 1.29 is 0 Å². The molecule has 5 aromatic carbocycles. The molecule has 0 aliphatic rings. The van der Waals surface area contributed by atoms with Gasteiger partial charge in [0, 0.05) is 32.3 Å². The highest BCUT2D eigenvalue weighted by atomic mass is 14.3. The van der Waals surface area contributed by atoms with Crippen molar-refractivity contribution in [3.63, 3.8) is 0 Å². The molecule has 5 rings (SSSR count). The predicted octanol–water partition coefficient (Wildman–Crippen LogP) is 5.84. The van der Waals surface area contributed by atoms with E-state index in [1.54, 1.807) is 12.1 Å². The maximum Gasteiger partial charge on any atom is 0.0998 e. The lowest BCUT2D eigenvalue weighted by atomic mass is 9.82. The van der Waals surface area contributed by atoms with Gasteiger partial charge in [0.1, 0.15) is 0 Å². The minimum absolute atomic E-state index is 0.419. The number of rotatable bonds is 0. The van der Waals surface area contributed by atoms with Gasteiger partial charge in [-0.2, -0.15) is 21.0 Å². The van der Waals surface area contributed by atoms with Gasteiger partial charge in [-0.3, -0.25) is 0 Å². The topological polar surface area (TPSA) is 95.2 Å². The lowest BCUT2D eigenvalue weighted by Gasteiger charge is -2.19. The summed E-state index contributed by atoms with van der Waals surface area (Å²) in [7, 11) is 0. The fourth-order valence-corrected chi connectivity index (χ4v) is 4.84. The first kappa shape index (κ1) is 17.5. The molecule has 30 heavy (non-hydrogen) atoms. The van der Waals surface area contributed by atoms with Gasteiger partial charge in [0.2, 0.25) is 0 Å². The Bertz CT molecular complexity index is 1720. The standard InChI is InChI=1S/C26H12N4/c1-13-3-5-19-23-16(10-28)7-14(2)22-15(9-27)4-6-20(26(22)23)24-18(12-30)8-17(11-29)21(13)25(19)24/h3-8H,1-2H3. The van der Waals surface area contributed by atoms with Gasteiger partial charge in [0.25, 0.3) is 0 Å². The van der Waals surface area contributed by atoms with E-state index in [2.05, 4.69) is 24.3 Å². The monoisotopic (exact) mass is 380 g/mol. The Labute approximate surface area is 172 Å². The molecule has 0 bridgehead atoms. The van der Waals surface area contributed by atoms with Crippen LogP contribution in [0.15, 0.2) is 36.4 Å². The van der Waals surface area contributed by atoms with Gasteiger partial charge >= 0.3 is 0 Å². The normalized spacial score (nSPS) is 10.9. The summed E-state index contributed by atoms with van der Waals surface area (Å²) in [6.07, 6.45) is 0. The second-order valence-electron chi connectivity index (χ2n) is 7.50. The van der Waals surface area contributed by atoms with Crippen LogP contribution in [0.5, 0.6) is 0 Å². The fourth-order valence-electron chi connectivity index (χ4n) is 4.84. The van der Waals surface area contributed by atoms with Crippen LogP contribution in [0.4, 0.5) is 0 Å². The molecule has 0 aromatic heterocycles. The van der Waals surface area contributed by atoms with Gasteiger partial charge < -0.3 is 0 Å². The molecule has 5 aromatic rings. The van der Waals surface area contributed by atoms with E-state index in [4.69, 9.17) is 0 Å². The van der Waals surface area contributed by atoms with Crippen LogP contribution in [-0.2, 0) is 0 Å². The summed E-state index contributed by atoms with van der Waals surface area (Å²) in [5.74, 6) is 0. The second kappa shape index (κ2) is 5.93. The third-order valence-corrected chi connectivity index (χ3v) is 5.99. The van der Waals surface area contributed by atoms with E-state index in [0.717, 1.165) is 54.2 Å². The third kappa shape index (κ3) is 1.95. The van der Waals surface area contributed by atoms with Crippen LogP contribution in [0, 0.1) is 59.2 Å². The number of benzene rings is 5. The number of hydrogen-bond acceptors (Lipinski definition) is 4. The molecule has 0 heterocycles. The number of fused-ring (bicyclic) bond motifs is 2. The van der Waals surface area contributed by atoms with E-state index in [1.807, 2.05) is 38.1 Å². The third-order valence-electron chi connectivity index (χ3n) is 5.99. The first-order valence-electron chi connectivity index (χ1n) is 9.37. The molecule has 0 saturated carbocycles. The van der Waals surface area contributed by atoms with Gasteiger partial charge in [-0.1, -0.05) is 18.2 Å². The Hall–Kier alpha value is -4.64. The zero-order valence-corrected chi connectivity index (χ0v) is 16.3. The van der Waals surface area contributed by atoms with Gasteiger partial charge in [-0.15, -0.1) is 0 Å². The van der Waals surface area contributed by atoms with Crippen molar-refractivity contribution in [2.75, 3.05) is 0 Å². The molecular formula is C26H12N4. The fraction of sp³-hybridized carbons (Fsp3) is 0.0769. The Kier molecular flexibility index (Phi) is 3.45. The van der Waals surface area contributed by atoms with Crippen molar-refractivity contribution >= 4 is 43.1 Å². The molecule has 136 valence electrons. The molecule has 0 unspecified atom stereocenters. The van der Waals surface area contributed by atoms with Crippen LogP contribution in [0.3, 0.4) is 0 Å². The van der Waals surface area contributed by atoms with Crippen LogP contribution in [0.2, 0.25) is 0 Å². The summed E-state index contributed by atoms with van der Waals surface area (Å²) < 4.78 is 0. The highest BCUT2D eigenvalue weighted by molar-refractivity contribution is 6.36. The van der Waals surface area contributed by atoms with Gasteiger partial charge in [-0.05, 0) is 53.9 Å². The van der Waals surface area contributed by atoms with Gasteiger partial charge in [0.15, 0.2) is 0 Å². The molecular weight excluding hydrogens is 368 g/mol. The molecule has 0 radical (unpaired) electrons. The summed E-state index contributed by atoms with van der Waals surface area (Å²) in [4.78, 5) is 0. The first-order chi connectivity index (χ1) is 14.5. The molecule has 0 fully saturated rings. The first-order valence-corrected chi connectivity index (χ1v) is 9.37. The van der Waals surface area contributed by atoms with Crippen molar-refractivity contribution in [1.29, 1.82) is 21.0 Å². The molecule has 4 nitrogen and oxygen atoms in total. The molecule has 0 N–H and O–H groups in total. The van der Waals surface area contributed by atoms with Crippen molar-refractivity contribution in [2.24, 2.45) is 0 Å². The van der Waals surface area contributed by atoms with Crippen LogP contribution in [-0.4, -0.2) is 0 Å². The Morgan fingerprint density at radius 1 is 0.467 bits per heavy atom. The molecule has 0 atom stereocenters. The average Bonchev–Trinajstić information content (AvgIpc) is 2.77. The lowest BCUT2D eigenvalue weighted by molar-refractivity contribution is 1.45. The summed E-state index contributed by atoms with van der Waals surface area (Å²) in [5.41, 5.74) is 3.72. The zero-order valence-electron chi connectivity index (χ0n) is 16.3. The van der Waals surface area contributed by atoms with E-state index >= 15 is 0 Å². The Morgan fingerprint density at radius 2 is 0.933 bits per heavy atom. The van der Waals surface area contributed by atoms with E-state index in [-0.39, 0.29) is 0 Å². The SMILES string of the molecule is Cc1cc(C#N)c2c3ccc(C)c4c(C#N)cc(C#N)c(c5ccc(C#N)c1c52)c43. The minimum Gasteiger partial charge on any atom is -0.192 e. The van der Waals surface area contributed by atoms with Crippen molar-refractivity contribution in [3.8, 4) is 24.3 Å². The molecule has 0 spiro atoms. The van der Waals surface area contributed by atoms with E-state index in [9.17, 15) is 21.0 Å². The number of aryl methyl sites for hydroxylation is 2. The van der Waals surface area contributed by atoms with Gasteiger partial charge in [0.05, 0.1) is 46.5 Å². The molecule has 0 aliphatic carbocycles. The molecule has 0 amide bonds. The molecule has 4 heteroatoms. The van der Waals surface area contributed by atoms with Crippen molar-refractivity contribution in [1.82, 2.24) is 0 Å². The molecule has 0 aliphatic heterocycles. The largest absolute Gasteiger partial charge is 0.192 e. The van der Waals surface area contributed by atoms with Crippen molar-refractivity contribution in [3.05, 3.63) is 69.8 Å². The van der Waals surface area contributed by atoms with E-state index in [1.165, 1.54) is 0 Å². The minimum atomic E-state index is 0.419. The highest BCUT2D eigenvalue weighted by Crippen LogP contribution is 2.45. The highest BCUT2D eigenvalue weighted by Gasteiger charge is 2.22. The van der Waals surface area contributed by atoms with Gasteiger partial charge in [-0.25, -0.2) is 0 Å². The Morgan fingerprint density at radius 3 is 1.50 bits per heavy atom. The lowest BCUT2D eigenvalue weighted by Crippen LogP contribution is -1.97. The van der Waals surface area contributed by atoms with Crippen LogP contribution < -0.4 is 0 Å². The quantitative estimate of drug-likeness (QED) is 0.249. The smallest absolute Gasteiger partial charge is 0.0998 e.